The Bertz CT molecular complexity index is 492. The molecule has 0 atom stereocenters. The number of nitrogens with one attached hydrogen (secondary N) is 1. The van der Waals surface area contributed by atoms with Crippen LogP contribution in [0.4, 0.5) is 18.9 Å². The van der Waals surface area contributed by atoms with Crippen LogP contribution in [-0.4, -0.2) is 30.4 Å². The summed E-state index contributed by atoms with van der Waals surface area (Å²) in [5.74, 6) is 1.23. The third-order valence-electron chi connectivity index (χ3n) is 2.13. The van der Waals surface area contributed by atoms with Crippen molar-refractivity contribution in [3.63, 3.8) is 0 Å². The largest absolute Gasteiger partial charge is 0.573 e. The third kappa shape index (κ3) is 7.50. The van der Waals surface area contributed by atoms with Gasteiger partial charge in [0.05, 0.1) is 12.2 Å². The van der Waals surface area contributed by atoms with E-state index in [9.17, 15) is 13.2 Å². The van der Waals surface area contributed by atoms with Gasteiger partial charge in [0.15, 0.2) is 11.7 Å². The standard InChI is InChI=1S/C13H16F3N3OS/c1-2-8-21-9-7-18-12(17)19-10-5-3-4-6-11(10)20-13(14,15)16/h2-6H,1,7-9H2,(H3,17,18,19). The van der Waals surface area contributed by atoms with Crippen LogP contribution < -0.4 is 15.8 Å². The molecule has 0 radical (unpaired) electrons. The lowest BCUT2D eigenvalue weighted by molar-refractivity contribution is -0.274. The number of guanidine groups is 1. The summed E-state index contributed by atoms with van der Waals surface area (Å²) in [4.78, 5) is 4.02. The van der Waals surface area contributed by atoms with Crippen molar-refractivity contribution in [2.45, 2.75) is 6.36 Å². The van der Waals surface area contributed by atoms with Crippen molar-refractivity contribution in [1.82, 2.24) is 0 Å². The van der Waals surface area contributed by atoms with E-state index in [2.05, 4.69) is 21.6 Å². The molecule has 0 aromatic heterocycles. The summed E-state index contributed by atoms with van der Waals surface area (Å²) in [5, 5.41) is 2.60. The number of nitrogens with zero attached hydrogens (tertiary/aromatic N) is 1. The highest BCUT2D eigenvalue weighted by atomic mass is 32.2. The zero-order valence-electron chi connectivity index (χ0n) is 11.2. The minimum Gasteiger partial charge on any atom is -0.404 e. The summed E-state index contributed by atoms with van der Waals surface area (Å²) >= 11 is 1.63. The summed E-state index contributed by atoms with van der Waals surface area (Å²) in [6.45, 7) is 4.05. The number of alkyl halides is 3. The van der Waals surface area contributed by atoms with Gasteiger partial charge in [-0.3, -0.25) is 4.99 Å². The summed E-state index contributed by atoms with van der Waals surface area (Å²) in [6, 6.07) is 5.63. The average Bonchev–Trinajstić information content (AvgIpc) is 2.39. The van der Waals surface area contributed by atoms with Gasteiger partial charge in [-0.1, -0.05) is 18.2 Å². The Balaban J connectivity index is 2.61. The molecule has 0 unspecified atom stereocenters. The highest BCUT2D eigenvalue weighted by molar-refractivity contribution is 7.99. The molecule has 1 aromatic rings. The lowest BCUT2D eigenvalue weighted by atomic mass is 10.3. The highest BCUT2D eigenvalue weighted by Crippen LogP contribution is 2.29. The summed E-state index contributed by atoms with van der Waals surface area (Å²) in [5.41, 5.74) is 5.73. The van der Waals surface area contributed by atoms with Crippen LogP contribution in [0.3, 0.4) is 0 Å². The van der Waals surface area contributed by atoms with E-state index in [1.807, 2.05) is 0 Å². The zero-order chi connectivity index (χ0) is 15.7. The summed E-state index contributed by atoms with van der Waals surface area (Å²) in [7, 11) is 0. The minimum atomic E-state index is -4.76. The average molecular weight is 319 g/mol. The number of halogens is 3. The van der Waals surface area contributed by atoms with Crippen LogP contribution in [0.15, 0.2) is 41.9 Å². The number of rotatable bonds is 7. The van der Waals surface area contributed by atoms with E-state index in [0.29, 0.717) is 6.54 Å². The number of hydrogen-bond donors (Lipinski definition) is 2. The van der Waals surface area contributed by atoms with E-state index in [0.717, 1.165) is 11.5 Å². The Labute approximate surface area is 125 Å². The van der Waals surface area contributed by atoms with Crippen molar-refractivity contribution in [1.29, 1.82) is 0 Å². The third-order valence-corrected chi connectivity index (χ3v) is 3.07. The normalized spacial score (nSPS) is 12.0. The maximum Gasteiger partial charge on any atom is 0.573 e. The first-order valence-electron chi connectivity index (χ1n) is 6.02. The predicted molar refractivity (Wildman–Crippen MR) is 80.8 cm³/mol. The van der Waals surface area contributed by atoms with E-state index < -0.39 is 6.36 Å². The van der Waals surface area contributed by atoms with Gasteiger partial charge in [-0.25, -0.2) is 0 Å². The smallest absolute Gasteiger partial charge is 0.404 e. The molecule has 0 saturated carbocycles. The van der Waals surface area contributed by atoms with Gasteiger partial charge in [0.25, 0.3) is 0 Å². The first kappa shape index (κ1) is 17.2. The fourth-order valence-electron chi connectivity index (χ4n) is 1.36. The van der Waals surface area contributed by atoms with Crippen LogP contribution in [0.1, 0.15) is 0 Å². The fourth-order valence-corrected chi connectivity index (χ4v) is 1.91. The van der Waals surface area contributed by atoms with Gasteiger partial charge in [-0.2, -0.15) is 11.8 Å². The number of aliphatic imine (C=N–C) groups is 1. The number of para-hydroxylation sites is 2. The van der Waals surface area contributed by atoms with E-state index in [4.69, 9.17) is 5.73 Å². The molecule has 0 heterocycles. The number of thioether (sulfide) groups is 1. The molecule has 0 aliphatic heterocycles. The molecule has 0 spiro atoms. The van der Waals surface area contributed by atoms with E-state index in [-0.39, 0.29) is 17.4 Å². The molecule has 3 N–H and O–H groups in total. The maximum absolute atomic E-state index is 12.3. The second-order valence-corrected chi connectivity index (χ2v) is 4.95. The topological polar surface area (TPSA) is 59.6 Å². The minimum absolute atomic E-state index is 0.0347. The second kappa shape index (κ2) is 8.46. The van der Waals surface area contributed by atoms with Crippen LogP contribution in [0, 0.1) is 0 Å². The molecule has 0 fully saturated rings. The Kier molecular flexibility index (Phi) is 6.93. The zero-order valence-corrected chi connectivity index (χ0v) is 12.0. The van der Waals surface area contributed by atoms with Gasteiger partial charge >= 0.3 is 6.36 Å². The molecular formula is C13H16F3N3OS. The van der Waals surface area contributed by atoms with Crippen molar-refractivity contribution in [3.05, 3.63) is 36.9 Å². The van der Waals surface area contributed by atoms with Crippen molar-refractivity contribution < 1.29 is 17.9 Å². The number of anilines is 1. The Morgan fingerprint density at radius 1 is 1.43 bits per heavy atom. The van der Waals surface area contributed by atoms with Crippen LogP contribution in [-0.2, 0) is 0 Å². The monoisotopic (exact) mass is 319 g/mol. The predicted octanol–water partition coefficient (Wildman–Crippen LogP) is 3.23. The lowest BCUT2D eigenvalue weighted by Gasteiger charge is -2.14. The summed E-state index contributed by atoms with van der Waals surface area (Å²) in [6.07, 6.45) is -2.98. The molecule has 21 heavy (non-hydrogen) atoms. The highest BCUT2D eigenvalue weighted by Gasteiger charge is 2.32. The number of nitrogens with two attached hydrogens (primary N) is 1. The van der Waals surface area contributed by atoms with Crippen molar-refractivity contribution >= 4 is 23.4 Å². The molecule has 116 valence electrons. The fraction of sp³-hybridized carbons (Fsp3) is 0.308. The molecular weight excluding hydrogens is 303 g/mol. The Hall–Kier alpha value is -1.83. The van der Waals surface area contributed by atoms with Gasteiger partial charge in [-0.15, -0.1) is 19.8 Å². The van der Waals surface area contributed by atoms with Gasteiger partial charge in [-0.05, 0) is 12.1 Å². The number of hydrogen-bond acceptors (Lipinski definition) is 3. The SMILES string of the molecule is C=CCSCCN=C(N)Nc1ccccc1OC(F)(F)F. The van der Waals surface area contributed by atoms with Crippen LogP contribution in [0.2, 0.25) is 0 Å². The maximum atomic E-state index is 12.3. The van der Waals surface area contributed by atoms with E-state index in [1.165, 1.54) is 18.2 Å². The molecule has 0 saturated heterocycles. The molecule has 0 aliphatic rings. The Morgan fingerprint density at radius 2 is 2.14 bits per heavy atom. The van der Waals surface area contributed by atoms with Crippen molar-refractivity contribution in [2.75, 3.05) is 23.4 Å². The van der Waals surface area contributed by atoms with Crippen LogP contribution in [0.25, 0.3) is 0 Å². The number of ether oxygens (including phenoxy) is 1. The first-order chi connectivity index (χ1) is 9.92. The van der Waals surface area contributed by atoms with Gasteiger partial charge < -0.3 is 15.8 Å². The molecule has 1 rings (SSSR count). The summed E-state index contributed by atoms with van der Waals surface area (Å²) < 4.78 is 40.7. The van der Waals surface area contributed by atoms with Crippen molar-refractivity contribution in [2.24, 2.45) is 10.7 Å². The molecule has 0 amide bonds. The first-order valence-corrected chi connectivity index (χ1v) is 7.18. The molecule has 0 aliphatic carbocycles. The molecule has 1 aromatic carbocycles. The molecule has 8 heteroatoms. The second-order valence-electron chi connectivity index (χ2n) is 3.80. The van der Waals surface area contributed by atoms with Crippen LogP contribution in [0.5, 0.6) is 5.75 Å². The Morgan fingerprint density at radius 3 is 2.81 bits per heavy atom. The van der Waals surface area contributed by atoms with E-state index >= 15 is 0 Å². The van der Waals surface area contributed by atoms with Gasteiger partial charge in [0, 0.05) is 11.5 Å². The molecule has 0 bridgehead atoms. The van der Waals surface area contributed by atoms with Crippen LogP contribution >= 0.6 is 11.8 Å². The quantitative estimate of drug-likeness (QED) is 0.351. The van der Waals surface area contributed by atoms with Gasteiger partial charge in [0.1, 0.15) is 0 Å². The van der Waals surface area contributed by atoms with Gasteiger partial charge in [0.2, 0.25) is 0 Å². The molecule has 4 nitrogen and oxygen atoms in total. The lowest BCUT2D eigenvalue weighted by Crippen LogP contribution is -2.24. The van der Waals surface area contributed by atoms with E-state index in [1.54, 1.807) is 23.9 Å². The van der Waals surface area contributed by atoms with Crippen molar-refractivity contribution in [3.8, 4) is 5.75 Å². The number of benzene rings is 1.